The molecule has 1 aliphatic heterocycles. The van der Waals surface area contributed by atoms with Crippen molar-refractivity contribution in [3.63, 3.8) is 0 Å². The maximum Gasteiger partial charge on any atom is 0.119 e. The van der Waals surface area contributed by atoms with Gasteiger partial charge in [-0.2, -0.15) is 0 Å². The first-order valence-corrected chi connectivity index (χ1v) is 6.86. The first-order chi connectivity index (χ1) is 9.81. The topological polar surface area (TPSA) is 30.5 Å². The highest BCUT2D eigenvalue weighted by Gasteiger charge is 2.21. The molecule has 20 heavy (non-hydrogen) atoms. The molecule has 0 fully saturated rings. The number of hydrogen-bond donors (Lipinski definition) is 1. The minimum absolute atomic E-state index is 0.222. The second kappa shape index (κ2) is 5.55. The van der Waals surface area contributed by atoms with Crippen LogP contribution >= 0.6 is 0 Å². The van der Waals surface area contributed by atoms with Crippen molar-refractivity contribution in [2.75, 3.05) is 20.8 Å². The van der Waals surface area contributed by atoms with Crippen LogP contribution in [0, 0.1) is 0 Å². The zero-order valence-electron chi connectivity index (χ0n) is 11.8. The Morgan fingerprint density at radius 2 is 1.65 bits per heavy atom. The maximum atomic E-state index is 5.35. The quantitative estimate of drug-likeness (QED) is 0.929. The standard InChI is InChI=1S/C17H19NO2/c1-19-14-6-4-13(5-7-14)17-16-11-15(20-2)8-3-12(16)9-10-18-17/h3-8,11,17-18H,9-10H2,1-2H3. The fourth-order valence-electron chi connectivity index (χ4n) is 2.75. The number of nitrogens with one attached hydrogen (secondary N) is 1. The molecule has 0 bridgehead atoms. The summed E-state index contributed by atoms with van der Waals surface area (Å²) in [6.45, 7) is 0.996. The summed E-state index contributed by atoms with van der Waals surface area (Å²) in [7, 11) is 3.40. The van der Waals surface area contributed by atoms with Crippen LogP contribution in [0.4, 0.5) is 0 Å². The summed E-state index contributed by atoms with van der Waals surface area (Å²) < 4.78 is 10.6. The van der Waals surface area contributed by atoms with E-state index in [9.17, 15) is 0 Å². The highest BCUT2D eigenvalue weighted by atomic mass is 16.5. The Bertz CT molecular complexity index is 592. The molecule has 1 unspecified atom stereocenters. The van der Waals surface area contributed by atoms with Gasteiger partial charge in [-0.3, -0.25) is 0 Å². The van der Waals surface area contributed by atoms with Gasteiger partial charge >= 0.3 is 0 Å². The summed E-state index contributed by atoms with van der Waals surface area (Å²) in [4.78, 5) is 0. The molecule has 1 atom stereocenters. The van der Waals surface area contributed by atoms with Crippen LogP contribution in [0.5, 0.6) is 11.5 Å². The zero-order valence-corrected chi connectivity index (χ0v) is 11.8. The minimum Gasteiger partial charge on any atom is -0.497 e. The van der Waals surface area contributed by atoms with Gasteiger partial charge in [0.15, 0.2) is 0 Å². The van der Waals surface area contributed by atoms with E-state index in [1.807, 2.05) is 18.2 Å². The van der Waals surface area contributed by atoms with E-state index >= 15 is 0 Å². The monoisotopic (exact) mass is 269 g/mol. The van der Waals surface area contributed by atoms with E-state index < -0.39 is 0 Å². The van der Waals surface area contributed by atoms with Gasteiger partial charge < -0.3 is 14.8 Å². The largest absolute Gasteiger partial charge is 0.497 e. The molecule has 104 valence electrons. The van der Waals surface area contributed by atoms with E-state index in [0.29, 0.717) is 0 Å². The average molecular weight is 269 g/mol. The fourth-order valence-corrected chi connectivity index (χ4v) is 2.75. The van der Waals surface area contributed by atoms with Crippen molar-refractivity contribution in [2.24, 2.45) is 0 Å². The molecule has 2 aromatic rings. The van der Waals surface area contributed by atoms with Crippen molar-refractivity contribution in [2.45, 2.75) is 12.5 Å². The van der Waals surface area contributed by atoms with Gasteiger partial charge in [-0.1, -0.05) is 18.2 Å². The van der Waals surface area contributed by atoms with E-state index in [0.717, 1.165) is 24.5 Å². The predicted octanol–water partition coefficient (Wildman–Crippen LogP) is 2.94. The minimum atomic E-state index is 0.222. The summed E-state index contributed by atoms with van der Waals surface area (Å²) in [6, 6.07) is 14.8. The van der Waals surface area contributed by atoms with Crippen LogP contribution in [-0.4, -0.2) is 20.8 Å². The molecule has 0 aromatic heterocycles. The van der Waals surface area contributed by atoms with E-state index in [1.165, 1.54) is 16.7 Å². The van der Waals surface area contributed by atoms with Gasteiger partial charge in [0.1, 0.15) is 11.5 Å². The van der Waals surface area contributed by atoms with Crippen molar-refractivity contribution in [1.82, 2.24) is 5.32 Å². The third-order valence-electron chi connectivity index (χ3n) is 3.86. The number of benzene rings is 2. The Hall–Kier alpha value is -2.00. The summed E-state index contributed by atoms with van der Waals surface area (Å²) in [5.41, 5.74) is 3.95. The second-order valence-corrected chi connectivity index (χ2v) is 4.98. The molecule has 1 heterocycles. The summed E-state index contributed by atoms with van der Waals surface area (Å²) in [5.74, 6) is 1.79. The molecule has 3 rings (SSSR count). The van der Waals surface area contributed by atoms with Crippen molar-refractivity contribution >= 4 is 0 Å². The number of rotatable bonds is 3. The molecule has 1 N–H and O–H groups in total. The predicted molar refractivity (Wildman–Crippen MR) is 79.5 cm³/mol. The third kappa shape index (κ3) is 2.37. The highest BCUT2D eigenvalue weighted by Crippen LogP contribution is 2.32. The van der Waals surface area contributed by atoms with Crippen LogP contribution < -0.4 is 14.8 Å². The van der Waals surface area contributed by atoms with Crippen molar-refractivity contribution in [1.29, 1.82) is 0 Å². The van der Waals surface area contributed by atoms with Crippen molar-refractivity contribution in [3.8, 4) is 11.5 Å². The van der Waals surface area contributed by atoms with E-state index in [-0.39, 0.29) is 6.04 Å². The van der Waals surface area contributed by atoms with Crippen LogP contribution in [0.2, 0.25) is 0 Å². The molecule has 2 aromatic carbocycles. The molecule has 0 saturated heterocycles. The summed E-state index contributed by atoms with van der Waals surface area (Å²) >= 11 is 0. The molecule has 0 amide bonds. The Morgan fingerprint density at radius 3 is 2.35 bits per heavy atom. The third-order valence-corrected chi connectivity index (χ3v) is 3.86. The zero-order chi connectivity index (χ0) is 13.9. The number of hydrogen-bond acceptors (Lipinski definition) is 3. The first kappa shape index (κ1) is 13.0. The smallest absolute Gasteiger partial charge is 0.119 e. The molecule has 0 aliphatic carbocycles. The Morgan fingerprint density at radius 1 is 0.950 bits per heavy atom. The SMILES string of the molecule is COc1ccc(C2NCCc3ccc(OC)cc32)cc1. The molecule has 3 nitrogen and oxygen atoms in total. The molecule has 0 spiro atoms. The lowest BCUT2D eigenvalue weighted by molar-refractivity contribution is 0.412. The summed E-state index contributed by atoms with van der Waals surface area (Å²) in [5, 5.41) is 3.58. The van der Waals surface area contributed by atoms with Crippen LogP contribution in [0.3, 0.4) is 0 Å². The normalized spacial score (nSPS) is 17.4. The van der Waals surface area contributed by atoms with Gasteiger partial charge in [0, 0.05) is 6.54 Å². The lowest BCUT2D eigenvalue weighted by Gasteiger charge is -2.28. The fraction of sp³-hybridized carbons (Fsp3) is 0.294. The number of fused-ring (bicyclic) bond motifs is 1. The molecule has 0 saturated carbocycles. The second-order valence-electron chi connectivity index (χ2n) is 4.98. The molecule has 0 radical (unpaired) electrons. The van der Waals surface area contributed by atoms with Crippen molar-refractivity contribution < 1.29 is 9.47 Å². The molecule has 3 heteroatoms. The number of methoxy groups -OCH3 is 2. The number of ether oxygens (including phenoxy) is 2. The molecular formula is C17H19NO2. The first-order valence-electron chi connectivity index (χ1n) is 6.86. The van der Waals surface area contributed by atoms with E-state index in [4.69, 9.17) is 9.47 Å². The Balaban J connectivity index is 1.99. The summed E-state index contributed by atoms with van der Waals surface area (Å²) in [6.07, 6.45) is 1.06. The lowest BCUT2D eigenvalue weighted by atomic mass is 9.89. The van der Waals surface area contributed by atoms with E-state index in [1.54, 1.807) is 14.2 Å². The average Bonchev–Trinajstić information content (AvgIpc) is 2.54. The van der Waals surface area contributed by atoms with Gasteiger partial charge in [-0.25, -0.2) is 0 Å². The highest BCUT2D eigenvalue weighted by molar-refractivity contribution is 5.44. The van der Waals surface area contributed by atoms with Gasteiger partial charge in [0.2, 0.25) is 0 Å². The van der Waals surface area contributed by atoms with Crippen LogP contribution in [0.1, 0.15) is 22.7 Å². The Labute approximate surface area is 119 Å². The molecule has 1 aliphatic rings. The van der Waals surface area contributed by atoms with Gasteiger partial charge in [-0.15, -0.1) is 0 Å². The van der Waals surface area contributed by atoms with E-state index in [2.05, 4.69) is 29.6 Å². The van der Waals surface area contributed by atoms with Crippen LogP contribution in [0.15, 0.2) is 42.5 Å². The lowest BCUT2D eigenvalue weighted by Crippen LogP contribution is -2.30. The van der Waals surface area contributed by atoms with Gasteiger partial charge in [-0.05, 0) is 47.4 Å². The van der Waals surface area contributed by atoms with Crippen LogP contribution in [-0.2, 0) is 6.42 Å². The maximum absolute atomic E-state index is 5.35. The van der Waals surface area contributed by atoms with Crippen molar-refractivity contribution in [3.05, 3.63) is 59.2 Å². The molecular weight excluding hydrogens is 250 g/mol. The van der Waals surface area contributed by atoms with Gasteiger partial charge in [0.25, 0.3) is 0 Å². The van der Waals surface area contributed by atoms with Gasteiger partial charge in [0.05, 0.1) is 20.3 Å². The van der Waals surface area contributed by atoms with Crippen LogP contribution in [0.25, 0.3) is 0 Å². The Kier molecular flexibility index (Phi) is 3.61.